The molecule has 0 aromatic rings. The zero-order valence-corrected chi connectivity index (χ0v) is 21.3. The first-order chi connectivity index (χ1) is 14.1. The molecule has 0 heterocycles. The highest BCUT2D eigenvalue weighted by Gasteiger charge is 2.21. The van der Waals surface area contributed by atoms with Crippen LogP contribution in [0.4, 0.5) is 0 Å². The number of quaternary nitrogens is 1. The lowest BCUT2D eigenvalue weighted by atomic mass is 10.0. The molecule has 0 fully saturated rings. The van der Waals surface area contributed by atoms with Gasteiger partial charge in [0.15, 0.2) is 0 Å². The predicted octanol–water partition coefficient (Wildman–Crippen LogP) is 6.02. The second kappa shape index (κ2) is 18.6. The number of hydrogen-bond donors (Lipinski definition) is 2. The quantitative estimate of drug-likeness (QED) is 0.119. The van der Waals surface area contributed by atoms with E-state index in [9.17, 15) is 9.46 Å². The molecule has 0 saturated carbocycles. The van der Waals surface area contributed by atoms with Gasteiger partial charge in [-0.3, -0.25) is 9.05 Å². The van der Waals surface area contributed by atoms with E-state index >= 15 is 0 Å². The van der Waals surface area contributed by atoms with Gasteiger partial charge < -0.3 is 15.1 Å². The van der Waals surface area contributed by atoms with Crippen LogP contribution in [0, 0.1) is 0 Å². The average molecular weight is 452 g/mol. The lowest BCUT2D eigenvalue weighted by Gasteiger charge is -2.24. The fraction of sp³-hybridized carbons (Fsp3) is 1.00. The number of phosphoric acid groups is 1. The van der Waals surface area contributed by atoms with Gasteiger partial charge >= 0.3 is 7.82 Å². The maximum absolute atomic E-state index is 11.8. The predicted molar refractivity (Wildman–Crippen MR) is 128 cm³/mol. The molecular formula is C23H52N2O4P+. The fourth-order valence-electron chi connectivity index (χ4n) is 3.34. The van der Waals surface area contributed by atoms with Crippen LogP contribution < -0.4 is 5.73 Å². The lowest BCUT2D eigenvalue weighted by Crippen LogP contribution is -2.37. The van der Waals surface area contributed by atoms with E-state index in [4.69, 9.17) is 14.8 Å². The van der Waals surface area contributed by atoms with E-state index in [1.165, 1.54) is 83.5 Å². The van der Waals surface area contributed by atoms with E-state index in [0.717, 1.165) is 12.8 Å². The Morgan fingerprint density at radius 3 is 1.50 bits per heavy atom. The Morgan fingerprint density at radius 2 is 1.10 bits per heavy atom. The summed E-state index contributed by atoms with van der Waals surface area (Å²) in [6, 6.07) is 0.361. The summed E-state index contributed by atoms with van der Waals surface area (Å²) in [5.41, 5.74) is 5.76. The first-order valence-corrected chi connectivity index (χ1v) is 13.8. The maximum atomic E-state index is 11.8. The highest BCUT2D eigenvalue weighted by molar-refractivity contribution is 7.47. The molecule has 0 radical (unpaired) electrons. The summed E-state index contributed by atoms with van der Waals surface area (Å²) in [6.07, 6.45) is 18.9. The van der Waals surface area contributed by atoms with Crippen molar-refractivity contribution in [2.24, 2.45) is 5.73 Å². The molecule has 0 aliphatic rings. The molecular weight excluding hydrogens is 399 g/mol. The molecule has 6 nitrogen and oxygen atoms in total. The molecule has 182 valence electrons. The minimum atomic E-state index is -3.89. The Labute approximate surface area is 187 Å². The van der Waals surface area contributed by atoms with E-state index in [0.29, 0.717) is 23.7 Å². The Balaban J connectivity index is 3.28. The molecule has 0 aromatic carbocycles. The summed E-state index contributed by atoms with van der Waals surface area (Å²) in [5.74, 6) is 0. The van der Waals surface area contributed by atoms with Crippen LogP contribution in [0.2, 0.25) is 0 Å². The van der Waals surface area contributed by atoms with Crippen LogP contribution in [-0.4, -0.2) is 56.3 Å². The van der Waals surface area contributed by atoms with Gasteiger partial charge in [0.1, 0.15) is 13.2 Å². The van der Waals surface area contributed by atoms with Crippen molar-refractivity contribution in [3.63, 3.8) is 0 Å². The fourth-order valence-corrected chi connectivity index (χ4v) is 4.08. The Morgan fingerprint density at radius 1 is 0.733 bits per heavy atom. The van der Waals surface area contributed by atoms with Crippen molar-refractivity contribution in [1.29, 1.82) is 0 Å². The summed E-state index contributed by atoms with van der Waals surface area (Å²) in [7, 11) is 2.16. The normalized spacial score (nSPS) is 15.3. The van der Waals surface area contributed by atoms with Gasteiger partial charge in [0.25, 0.3) is 0 Å². The van der Waals surface area contributed by atoms with Gasteiger partial charge in [-0.1, -0.05) is 83.5 Å². The molecule has 2 atom stereocenters. The smallest absolute Gasteiger partial charge is 0.329 e. The summed E-state index contributed by atoms with van der Waals surface area (Å²) in [5, 5.41) is 0. The summed E-state index contributed by atoms with van der Waals surface area (Å²) in [4.78, 5) is 9.65. The third-order valence-electron chi connectivity index (χ3n) is 5.32. The Bertz CT molecular complexity index is 428. The molecule has 0 aliphatic heterocycles. The molecule has 7 heteroatoms. The highest BCUT2D eigenvalue weighted by Crippen LogP contribution is 2.43. The van der Waals surface area contributed by atoms with Crippen molar-refractivity contribution in [2.45, 2.75) is 109 Å². The van der Waals surface area contributed by atoms with Crippen LogP contribution in [0.25, 0.3) is 0 Å². The third-order valence-corrected chi connectivity index (χ3v) is 6.34. The number of phosphoric ester groups is 1. The summed E-state index contributed by atoms with van der Waals surface area (Å²) in [6.45, 7) is 3.28. The van der Waals surface area contributed by atoms with Crippen LogP contribution in [0.3, 0.4) is 0 Å². The Hall–Kier alpha value is 0.0300. The number of likely N-dealkylation sites (N-methyl/N-ethyl adjacent to an activating group) is 1. The molecule has 3 N–H and O–H groups in total. The van der Waals surface area contributed by atoms with Crippen LogP contribution in [-0.2, 0) is 13.6 Å². The standard InChI is InChI=1S/C23H51N2O4P/c1-23(24)19-17-15-13-11-9-7-5-6-8-10-12-14-16-18-21-28-30(26,27)29-22-20-25(2,3)4/h23H,5-22,24H2,1-4H3/p+1. The minimum absolute atomic E-state index is 0.228. The van der Waals surface area contributed by atoms with Gasteiger partial charge in [0, 0.05) is 6.04 Å². The third kappa shape index (κ3) is 24.3. The van der Waals surface area contributed by atoms with E-state index in [2.05, 4.69) is 6.92 Å². The maximum Gasteiger partial charge on any atom is 0.472 e. The molecule has 0 amide bonds. The number of unbranched alkanes of at least 4 members (excludes halogenated alkanes) is 13. The van der Waals surface area contributed by atoms with Crippen molar-refractivity contribution in [1.82, 2.24) is 0 Å². The van der Waals surface area contributed by atoms with Crippen molar-refractivity contribution in [3.8, 4) is 0 Å². The molecule has 0 aromatic heterocycles. The lowest BCUT2D eigenvalue weighted by molar-refractivity contribution is -0.870. The number of rotatable bonds is 22. The van der Waals surface area contributed by atoms with E-state index in [-0.39, 0.29) is 6.61 Å². The van der Waals surface area contributed by atoms with Crippen molar-refractivity contribution >= 4 is 7.82 Å². The minimum Gasteiger partial charge on any atom is -0.329 e. The highest BCUT2D eigenvalue weighted by atomic mass is 31.2. The zero-order valence-electron chi connectivity index (χ0n) is 20.4. The van der Waals surface area contributed by atoms with Gasteiger partial charge in [0.05, 0.1) is 27.7 Å². The molecule has 30 heavy (non-hydrogen) atoms. The first kappa shape index (κ1) is 30.0. The van der Waals surface area contributed by atoms with Crippen molar-refractivity contribution in [2.75, 3.05) is 40.9 Å². The SMILES string of the molecule is CC(N)CCCCCCCCCCCCCCCCOP(=O)(O)OCC[N+](C)(C)C. The van der Waals surface area contributed by atoms with Gasteiger partial charge in [-0.15, -0.1) is 0 Å². The van der Waals surface area contributed by atoms with Gasteiger partial charge in [0.2, 0.25) is 0 Å². The Kier molecular flexibility index (Phi) is 18.6. The van der Waals surface area contributed by atoms with Gasteiger partial charge in [-0.05, 0) is 19.8 Å². The van der Waals surface area contributed by atoms with Crippen molar-refractivity contribution in [3.05, 3.63) is 0 Å². The van der Waals surface area contributed by atoms with Gasteiger partial charge in [-0.2, -0.15) is 0 Å². The number of nitrogens with two attached hydrogens (primary N) is 1. The topological polar surface area (TPSA) is 81.8 Å². The number of hydrogen-bond acceptors (Lipinski definition) is 4. The summed E-state index contributed by atoms with van der Waals surface area (Å²) < 4.78 is 22.5. The molecule has 0 aliphatic carbocycles. The largest absolute Gasteiger partial charge is 0.472 e. The van der Waals surface area contributed by atoms with E-state index in [1.54, 1.807) is 0 Å². The molecule has 2 unspecified atom stereocenters. The molecule has 0 spiro atoms. The van der Waals surface area contributed by atoms with Crippen LogP contribution >= 0.6 is 7.82 Å². The van der Waals surface area contributed by atoms with Crippen LogP contribution in [0.1, 0.15) is 103 Å². The van der Waals surface area contributed by atoms with E-state index in [1.807, 2.05) is 21.1 Å². The van der Waals surface area contributed by atoms with Crippen LogP contribution in [0.15, 0.2) is 0 Å². The second-order valence-corrected chi connectivity index (χ2v) is 11.3. The number of nitrogens with zero attached hydrogens (tertiary/aromatic N) is 1. The zero-order chi connectivity index (χ0) is 22.7. The molecule has 0 rings (SSSR count). The molecule has 0 saturated heterocycles. The van der Waals surface area contributed by atoms with Crippen molar-refractivity contribution < 1.29 is 23.0 Å². The van der Waals surface area contributed by atoms with E-state index < -0.39 is 7.82 Å². The first-order valence-electron chi connectivity index (χ1n) is 12.3. The monoisotopic (exact) mass is 451 g/mol. The average Bonchev–Trinajstić information content (AvgIpc) is 2.62. The van der Waals surface area contributed by atoms with Crippen LogP contribution in [0.5, 0.6) is 0 Å². The molecule has 0 bridgehead atoms. The second-order valence-electron chi connectivity index (χ2n) is 9.86. The van der Waals surface area contributed by atoms with Gasteiger partial charge in [-0.25, -0.2) is 4.57 Å². The summed E-state index contributed by atoms with van der Waals surface area (Å²) >= 11 is 0.